The fourth-order valence-electron chi connectivity index (χ4n) is 2.97. The molecule has 0 fully saturated rings. The average Bonchev–Trinajstić information content (AvgIpc) is 3.11. The summed E-state index contributed by atoms with van der Waals surface area (Å²) in [6, 6.07) is 15.1. The summed E-state index contributed by atoms with van der Waals surface area (Å²) in [7, 11) is -3.80. The van der Waals surface area contributed by atoms with Crippen molar-refractivity contribution in [3.05, 3.63) is 81.7 Å². The number of sulfone groups is 1. The molecule has 29 heavy (non-hydrogen) atoms. The predicted molar refractivity (Wildman–Crippen MR) is 107 cm³/mol. The summed E-state index contributed by atoms with van der Waals surface area (Å²) in [5, 5.41) is 18.6. The summed E-state index contributed by atoms with van der Waals surface area (Å²) in [4.78, 5) is 10.2. The van der Waals surface area contributed by atoms with Crippen LogP contribution in [0.5, 0.6) is 0 Å². The van der Waals surface area contributed by atoms with Gasteiger partial charge in [0.1, 0.15) is 5.82 Å². The maximum absolute atomic E-state index is 13.0. The second-order valence-electron chi connectivity index (χ2n) is 6.51. The number of non-ortho nitro benzene ring substituents is 1. The Balaban J connectivity index is 1.86. The van der Waals surface area contributed by atoms with Crippen LogP contribution in [-0.4, -0.2) is 34.7 Å². The first-order chi connectivity index (χ1) is 13.9. The summed E-state index contributed by atoms with van der Waals surface area (Å²) >= 11 is 0. The van der Waals surface area contributed by atoms with E-state index in [1.54, 1.807) is 4.57 Å². The van der Waals surface area contributed by atoms with Gasteiger partial charge in [0.25, 0.3) is 5.69 Å². The van der Waals surface area contributed by atoms with Gasteiger partial charge in [0, 0.05) is 25.1 Å². The van der Waals surface area contributed by atoms with Gasteiger partial charge in [-0.15, -0.1) is 10.2 Å². The van der Waals surface area contributed by atoms with E-state index in [9.17, 15) is 18.5 Å². The zero-order valence-corrected chi connectivity index (χ0v) is 16.5. The third-order valence-corrected chi connectivity index (χ3v) is 5.98. The molecule has 0 unspecified atom stereocenters. The van der Waals surface area contributed by atoms with E-state index in [-0.39, 0.29) is 16.6 Å². The minimum Gasteiger partial charge on any atom is -0.330 e. The summed E-state index contributed by atoms with van der Waals surface area (Å²) < 4.78 is 27.6. The Labute approximate surface area is 168 Å². The van der Waals surface area contributed by atoms with E-state index < -0.39 is 14.8 Å². The lowest BCUT2D eigenvalue weighted by atomic mass is 10.1. The Hall–Kier alpha value is -3.11. The molecule has 0 aliphatic rings. The summed E-state index contributed by atoms with van der Waals surface area (Å²) in [6.45, 7) is 0.729. The van der Waals surface area contributed by atoms with Crippen LogP contribution in [0, 0.1) is 10.1 Å². The SMILES string of the molecule is NCCc1nnc(S(=O)(=O)Cc2ccc([N+](=O)[O-])cc2)n1CCc1ccccc1. The number of nitrogens with two attached hydrogens (primary N) is 1. The molecule has 9 nitrogen and oxygen atoms in total. The van der Waals surface area contributed by atoms with Crippen LogP contribution in [0.25, 0.3) is 0 Å². The highest BCUT2D eigenvalue weighted by molar-refractivity contribution is 7.90. The smallest absolute Gasteiger partial charge is 0.269 e. The van der Waals surface area contributed by atoms with Crippen molar-refractivity contribution in [3.63, 3.8) is 0 Å². The Bertz CT molecular complexity index is 1080. The minimum absolute atomic E-state index is 0.0950. The van der Waals surface area contributed by atoms with Crippen molar-refractivity contribution in [1.29, 1.82) is 0 Å². The summed E-state index contributed by atoms with van der Waals surface area (Å²) in [5.74, 6) is 0.197. The monoisotopic (exact) mass is 415 g/mol. The van der Waals surface area contributed by atoms with Gasteiger partial charge in [0.2, 0.25) is 15.0 Å². The Kier molecular flexibility index (Phi) is 6.35. The topological polar surface area (TPSA) is 134 Å². The largest absolute Gasteiger partial charge is 0.330 e. The van der Waals surface area contributed by atoms with Crippen LogP contribution in [0.2, 0.25) is 0 Å². The molecule has 2 aromatic carbocycles. The number of hydrogen-bond donors (Lipinski definition) is 1. The van der Waals surface area contributed by atoms with E-state index in [4.69, 9.17) is 5.73 Å². The summed E-state index contributed by atoms with van der Waals surface area (Å²) in [5.41, 5.74) is 7.04. The van der Waals surface area contributed by atoms with E-state index in [1.807, 2.05) is 30.3 Å². The lowest BCUT2D eigenvalue weighted by Gasteiger charge is -2.11. The molecule has 152 valence electrons. The summed E-state index contributed by atoms with van der Waals surface area (Å²) in [6.07, 6.45) is 1.03. The first-order valence-corrected chi connectivity index (χ1v) is 10.7. The minimum atomic E-state index is -3.80. The molecule has 10 heteroatoms. The molecule has 0 spiro atoms. The highest BCUT2D eigenvalue weighted by atomic mass is 32.2. The maximum atomic E-state index is 13.0. The Morgan fingerprint density at radius 1 is 0.966 bits per heavy atom. The molecular formula is C19H21N5O4S. The third-order valence-electron chi connectivity index (χ3n) is 4.41. The van der Waals surface area contributed by atoms with E-state index in [2.05, 4.69) is 10.2 Å². The van der Waals surface area contributed by atoms with Crippen molar-refractivity contribution in [2.24, 2.45) is 5.73 Å². The van der Waals surface area contributed by atoms with Gasteiger partial charge in [-0.2, -0.15) is 0 Å². The molecule has 0 saturated carbocycles. The highest BCUT2D eigenvalue weighted by Gasteiger charge is 2.25. The van der Waals surface area contributed by atoms with Crippen LogP contribution in [-0.2, 0) is 35.0 Å². The van der Waals surface area contributed by atoms with Crippen molar-refractivity contribution in [1.82, 2.24) is 14.8 Å². The van der Waals surface area contributed by atoms with Crippen LogP contribution in [0.1, 0.15) is 17.0 Å². The molecule has 0 saturated heterocycles. The molecule has 0 bridgehead atoms. The standard InChI is InChI=1S/C19H21N5O4S/c20-12-10-18-21-22-19(23(18)13-11-15-4-2-1-3-5-15)29(27,28)14-16-6-8-17(9-7-16)24(25)26/h1-9H,10-14,20H2. The van der Waals surface area contributed by atoms with Gasteiger partial charge < -0.3 is 10.3 Å². The van der Waals surface area contributed by atoms with Gasteiger partial charge in [0.05, 0.1) is 10.7 Å². The number of aromatic nitrogens is 3. The normalized spacial score (nSPS) is 11.5. The second kappa shape index (κ2) is 8.93. The van der Waals surface area contributed by atoms with Gasteiger partial charge >= 0.3 is 0 Å². The fraction of sp³-hybridized carbons (Fsp3) is 0.263. The molecular weight excluding hydrogens is 394 g/mol. The van der Waals surface area contributed by atoms with Crippen LogP contribution in [0.3, 0.4) is 0 Å². The van der Waals surface area contributed by atoms with Gasteiger partial charge in [-0.05, 0) is 24.1 Å². The van der Waals surface area contributed by atoms with Crippen LogP contribution in [0.15, 0.2) is 59.8 Å². The number of nitrogens with zero attached hydrogens (tertiary/aromatic N) is 4. The van der Waals surface area contributed by atoms with Gasteiger partial charge in [-0.1, -0.05) is 42.5 Å². The number of rotatable bonds is 9. The maximum Gasteiger partial charge on any atom is 0.269 e. The van der Waals surface area contributed by atoms with Crippen LogP contribution < -0.4 is 5.73 Å². The number of benzene rings is 2. The van der Waals surface area contributed by atoms with Crippen molar-refractivity contribution in [2.75, 3.05) is 6.54 Å². The van der Waals surface area contributed by atoms with Crippen LogP contribution >= 0.6 is 0 Å². The molecule has 0 radical (unpaired) electrons. The number of nitro groups is 1. The Morgan fingerprint density at radius 2 is 1.66 bits per heavy atom. The number of nitro benzene ring substituents is 1. The molecule has 1 aromatic heterocycles. The Morgan fingerprint density at radius 3 is 2.28 bits per heavy atom. The van der Waals surface area contributed by atoms with Crippen molar-refractivity contribution < 1.29 is 13.3 Å². The molecule has 3 aromatic rings. The molecule has 0 amide bonds. The number of hydrogen-bond acceptors (Lipinski definition) is 7. The lowest BCUT2D eigenvalue weighted by Crippen LogP contribution is -2.17. The average molecular weight is 415 g/mol. The van der Waals surface area contributed by atoms with Crippen molar-refractivity contribution in [2.45, 2.75) is 30.3 Å². The molecule has 0 aliphatic heterocycles. The highest BCUT2D eigenvalue weighted by Crippen LogP contribution is 2.19. The van der Waals surface area contributed by atoms with Crippen LogP contribution in [0.4, 0.5) is 5.69 Å². The van der Waals surface area contributed by atoms with Crippen molar-refractivity contribution in [3.8, 4) is 0 Å². The molecule has 0 aliphatic carbocycles. The third kappa shape index (κ3) is 5.04. The molecule has 0 atom stereocenters. The molecule has 2 N–H and O–H groups in total. The predicted octanol–water partition coefficient (Wildman–Crippen LogP) is 1.90. The second-order valence-corrected chi connectivity index (χ2v) is 8.39. The van der Waals surface area contributed by atoms with Crippen molar-refractivity contribution >= 4 is 15.5 Å². The first kappa shape index (κ1) is 20.6. The number of aryl methyl sites for hydroxylation is 1. The van der Waals surface area contributed by atoms with E-state index in [1.165, 1.54) is 24.3 Å². The fourth-order valence-corrected chi connectivity index (χ4v) is 4.43. The molecule has 1 heterocycles. The van der Waals surface area contributed by atoms with E-state index in [0.29, 0.717) is 37.3 Å². The van der Waals surface area contributed by atoms with Gasteiger partial charge in [-0.3, -0.25) is 10.1 Å². The van der Waals surface area contributed by atoms with E-state index in [0.717, 1.165) is 5.56 Å². The lowest BCUT2D eigenvalue weighted by molar-refractivity contribution is -0.384. The van der Waals surface area contributed by atoms with Gasteiger partial charge in [0.15, 0.2) is 0 Å². The quantitative estimate of drug-likeness (QED) is 0.417. The first-order valence-electron chi connectivity index (χ1n) is 9.03. The zero-order valence-electron chi connectivity index (χ0n) is 15.6. The zero-order chi connectivity index (χ0) is 20.9. The van der Waals surface area contributed by atoms with Gasteiger partial charge in [-0.25, -0.2) is 8.42 Å². The van der Waals surface area contributed by atoms with E-state index >= 15 is 0 Å². The molecule has 3 rings (SSSR count).